The number of hydrogen-bond donors (Lipinski definition) is 0. The van der Waals surface area contributed by atoms with E-state index in [1.165, 1.54) is 10.9 Å². The molecule has 9 heteroatoms. The first-order valence-corrected chi connectivity index (χ1v) is 9.22. The summed E-state index contributed by atoms with van der Waals surface area (Å²) < 4.78 is 28.7. The number of rotatable bonds is 2. The van der Waals surface area contributed by atoms with E-state index >= 15 is 0 Å². The number of benzene rings is 2. The first kappa shape index (κ1) is 18.4. The van der Waals surface area contributed by atoms with Crippen LogP contribution in [0.4, 0.5) is 14.5 Å². The largest absolute Gasteiger partial charge is 0.268 e. The number of amides is 2. The molecule has 0 spiro atoms. The molecule has 4 aromatic rings. The average molecular weight is 425 g/mol. The molecule has 3 heterocycles. The summed E-state index contributed by atoms with van der Waals surface area (Å²) in [7, 11) is 0. The van der Waals surface area contributed by atoms with Crippen molar-refractivity contribution >= 4 is 40.1 Å². The highest BCUT2D eigenvalue weighted by molar-refractivity contribution is 6.41. The van der Waals surface area contributed by atoms with Crippen molar-refractivity contribution in [2.24, 2.45) is 0 Å². The van der Waals surface area contributed by atoms with Gasteiger partial charge in [-0.25, -0.2) is 23.3 Å². The van der Waals surface area contributed by atoms with Crippen LogP contribution in [0.15, 0.2) is 48.7 Å². The lowest BCUT2D eigenvalue weighted by Crippen LogP contribution is -2.29. The molecule has 0 saturated heterocycles. The molecule has 2 aromatic carbocycles. The number of carbonyl (C=O) groups is 2. The molecule has 148 valence electrons. The Balaban J connectivity index is 1.74. The van der Waals surface area contributed by atoms with Gasteiger partial charge in [-0.15, -0.1) is 0 Å². The molecular formula is C21H11ClF2N4O2. The summed E-state index contributed by atoms with van der Waals surface area (Å²) in [4.78, 5) is 31.5. The van der Waals surface area contributed by atoms with Crippen LogP contribution < -0.4 is 4.90 Å². The monoisotopic (exact) mass is 424 g/mol. The number of pyridine rings is 1. The van der Waals surface area contributed by atoms with Gasteiger partial charge in [0.15, 0.2) is 5.65 Å². The highest BCUT2D eigenvalue weighted by Crippen LogP contribution is 2.37. The van der Waals surface area contributed by atoms with Gasteiger partial charge in [-0.1, -0.05) is 23.7 Å². The molecule has 30 heavy (non-hydrogen) atoms. The molecule has 0 radical (unpaired) electrons. The predicted octanol–water partition coefficient (Wildman–Crippen LogP) is 4.46. The van der Waals surface area contributed by atoms with Crippen LogP contribution in [0, 0.1) is 18.6 Å². The minimum absolute atomic E-state index is 0.109. The fraction of sp³-hybridized carbons (Fsp3) is 0.0476. The highest BCUT2D eigenvalue weighted by atomic mass is 35.5. The Morgan fingerprint density at radius 3 is 2.40 bits per heavy atom. The molecule has 2 aromatic heterocycles. The maximum Gasteiger partial charge on any atom is 0.267 e. The van der Waals surface area contributed by atoms with E-state index in [1.807, 2.05) is 0 Å². The van der Waals surface area contributed by atoms with E-state index in [0.717, 1.165) is 23.1 Å². The van der Waals surface area contributed by atoms with Crippen molar-refractivity contribution in [2.45, 2.75) is 6.92 Å². The molecule has 0 saturated carbocycles. The second-order valence-corrected chi connectivity index (χ2v) is 7.17. The van der Waals surface area contributed by atoms with E-state index < -0.39 is 23.4 Å². The molecule has 1 aliphatic heterocycles. The standard InChI is InChI=1S/C21H11ClF2N4O2/c1-10-17-18-14(20(29)27(21(18)30)16-5-3-2-4-15(16)22)9-25-19(17)28(26-10)13-7-11(23)6-12(24)8-13/h2-9H,1H3. The normalized spacial score (nSPS) is 13.4. The van der Waals surface area contributed by atoms with Crippen LogP contribution >= 0.6 is 11.6 Å². The van der Waals surface area contributed by atoms with E-state index in [1.54, 1.807) is 31.2 Å². The summed E-state index contributed by atoms with van der Waals surface area (Å²) in [5, 5.41) is 4.89. The van der Waals surface area contributed by atoms with Crippen LogP contribution in [0.2, 0.25) is 5.02 Å². The van der Waals surface area contributed by atoms with E-state index in [0.29, 0.717) is 11.1 Å². The second kappa shape index (κ2) is 6.43. The van der Waals surface area contributed by atoms with Gasteiger partial charge in [0.2, 0.25) is 0 Å². The summed E-state index contributed by atoms with van der Waals surface area (Å²) in [6.07, 6.45) is 1.27. The van der Waals surface area contributed by atoms with Gasteiger partial charge in [0.05, 0.1) is 38.6 Å². The predicted molar refractivity (Wildman–Crippen MR) is 106 cm³/mol. The molecule has 6 nitrogen and oxygen atoms in total. The van der Waals surface area contributed by atoms with Crippen LogP contribution in [0.25, 0.3) is 16.7 Å². The molecule has 5 rings (SSSR count). The molecule has 1 aliphatic rings. The van der Waals surface area contributed by atoms with Crippen molar-refractivity contribution in [3.63, 3.8) is 0 Å². The van der Waals surface area contributed by atoms with E-state index in [4.69, 9.17) is 11.6 Å². The number of hydrogen-bond acceptors (Lipinski definition) is 4. The minimum Gasteiger partial charge on any atom is -0.268 e. The zero-order valence-corrected chi connectivity index (χ0v) is 16.1. The van der Waals surface area contributed by atoms with Gasteiger partial charge in [-0.2, -0.15) is 5.10 Å². The van der Waals surface area contributed by atoms with Crippen LogP contribution in [0.5, 0.6) is 0 Å². The van der Waals surface area contributed by atoms with Gasteiger partial charge >= 0.3 is 0 Å². The summed E-state index contributed by atoms with van der Waals surface area (Å²) in [5.41, 5.74) is 1.21. The number of fused-ring (bicyclic) bond motifs is 3. The molecule has 0 atom stereocenters. The zero-order valence-electron chi connectivity index (χ0n) is 15.4. The average Bonchev–Trinajstić information content (AvgIpc) is 3.16. The molecule has 0 unspecified atom stereocenters. The van der Waals surface area contributed by atoms with Gasteiger partial charge in [-0.3, -0.25) is 9.59 Å². The third-order valence-electron chi connectivity index (χ3n) is 4.91. The lowest BCUT2D eigenvalue weighted by molar-refractivity contribution is 0.0926. The number of anilines is 1. The number of aromatic nitrogens is 3. The van der Waals surface area contributed by atoms with Gasteiger partial charge in [0.25, 0.3) is 11.8 Å². The smallest absolute Gasteiger partial charge is 0.267 e. The lowest BCUT2D eigenvalue weighted by Gasteiger charge is -2.15. The summed E-state index contributed by atoms with van der Waals surface area (Å²) in [6.45, 7) is 1.63. The second-order valence-electron chi connectivity index (χ2n) is 6.77. The molecule has 0 N–H and O–H groups in total. The van der Waals surface area contributed by atoms with Gasteiger partial charge < -0.3 is 0 Å². The topological polar surface area (TPSA) is 68.1 Å². The van der Waals surface area contributed by atoms with Crippen LogP contribution in [-0.4, -0.2) is 26.6 Å². The van der Waals surface area contributed by atoms with E-state index in [-0.39, 0.29) is 33.2 Å². The SMILES string of the molecule is Cc1nn(-c2cc(F)cc(F)c2)c2ncc3c(c12)C(=O)N(c1ccccc1Cl)C3=O. The number of para-hydroxylation sites is 1. The van der Waals surface area contributed by atoms with Gasteiger partial charge in [0, 0.05) is 12.3 Å². The molecule has 0 aliphatic carbocycles. The van der Waals surface area contributed by atoms with Crippen molar-refractivity contribution in [3.05, 3.63) is 82.1 Å². The third-order valence-corrected chi connectivity index (χ3v) is 5.23. The van der Waals surface area contributed by atoms with Crippen LogP contribution in [-0.2, 0) is 0 Å². The Morgan fingerprint density at radius 1 is 1.00 bits per heavy atom. The van der Waals surface area contributed by atoms with E-state index in [9.17, 15) is 18.4 Å². The third kappa shape index (κ3) is 2.54. The summed E-state index contributed by atoms with van der Waals surface area (Å²) >= 11 is 6.19. The Morgan fingerprint density at radius 2 is 1.70 bits per heavy atom. The van der Waals surface area contributed by atoms with Gasteiger partial charge in [0.1, 0.15) is 11.6 Å². The highest BCUT2D eigenvalue weighted by Gasteiger charge is 2.40. The van der Waals surface area contributed by atoms with Crippen LogP contribution in [0.3, 0.4) is 0 Å². The quantitative estimate of drug-likeness (QED) is 0.445. The summed E-state index contributed by atoms with van der Waals surface area (Å²) in [6, 6.07) is 9.46. The molecule has 0 bridgehead atoms. The van der Waals surface area contributed by atoms with Crippen molar-refractivity contribution < 1.29 is 18.4 Å². The zero-order chi connectivity index (χ0) is 21.2. The summed E-state index contributed by atoms with van der Waals surface area (Å²) in [5.74, 6) is -2.67. The number of imide groups is 1. The molecule has 2 amide bonds. The fourth-order valence-corrected chi connectivity index (χ4v) is 3.87. The molecule has 0 fully saturated rings. The maximum absolute atomic E-state index is 13.7. The Bertz CT molecular complexity index is 1380. The fourth-order valence-electron chi connectivity index (χ4n) is 3.65. The Hall–Kier alpha value is -3.65. The Labute approximate surface area is 173 Å². The molecular weight excluding hydrogens is 414 g/mol. The van der Waals surface area contributed by atoms with Crippen LogP contribution in [0.1, 0.15) is 26.4 Å². The van der Waals surface area contributed by atoms with Gasteiger partial charge in [-0.05, 0) is 31.2 Å². The van der Waals surface area contributed by atoms with E-state index in [2.05, 4.69) is 10.1 Å². The maximum atomic E-state index is 13.7. The Kier molecular flexibility index (Phi) is 3.94. The van der Waals surface area contributed by atoms with Crippen molar-refractivity contribution in [1.29, 1.82) is 0 Å². The number of carbonyl (C=O) groups excluding carboxylic acids is 2. The number of nitrogens with zero attached hydrogens (tertiary/aromatic N) is 4. The minimum atomic E-state index is -0.774. The number of halogens is 3. The first-order chi connectivity index (χ1) is 14.4. The van der Waals surface area contributed by atoms with Crippen molar-refractivity contribution in [2.75, 3.05) is 4.90 Å². The van der Waals surface area contributed by atoms with Crippen molar-refractivity contribution in [3.8, 4) is 5.69 Å². The van der Waals surface area contributed by atoms with Crippen molar-refractivity contribution in [1.82, 2.24) is 14.8 Å². The lowest BCUT2D eigenvalue weighted by atomic mass is 10.1. The first-order valence-electron chi connectivity index (χ1n) is 8.85. The number of aryl methyl sites for hydroxylation is 1.